The first kappa shape index (κ1) is 18.8. The lowest BCUT2D eigenvalue weighted by Crippen LogP contribution is -2.31. The molecular formula is C17H18ClFN6O3. The molecule has 0 radical (unpaired) electrons. The van der Waals surface area contributed by atoms with Crippen LogP contribution in [0.25, 0.3) is 11.0 Å². The van der Waals surface area contributed by atoms with Gasteiger partial charge in [0.1, 0.15) is 17.6 Å². The summed E-state index contributed by atoms with van der Waals surface area (Å²) in [7, 11) is 0. The summed E-state index contributed by atoms with van der Waals surface area (Å²) in [4.78, 5) is 6.94. The molecule has 5 atom stereocenters. The summed E-state index contributed by atoms with van der Waals surface area (Å²) in [6.07, 6.45) is -0.415. The van der Waals surface area contributed by atoms with Crippen molar-refractivity contribution in [3.8, 4) is 0 Å². The molecule has 1 aromatic carbocycles. The number of aromatic nitrogens is 4. The molecule has 11 heteroatoms. The lowest BCUT2D eigenvalue weighted by Gasteiger charge is -2.22. The number of aromatic amines is 1. The van der Waals surface area contributed by atoms with E-state index in [9.17, 15) is 19.7 Å². The van der Waals surface area contributed by atoms with E-state index < -0.39 is 36.1 Å². The van der Waals surface area contributed by atoms with Crippen LogP contribution >= 0.6 is 11.6 Å². The fourth-order valence-corrected chi connectivity index (χ4v) is 3.98. The maximum absolute atomic E-state index is 13.4. The molecular weight excluding hydrogens is 391 g/mol. The van der Waals surface area contributed by atoms with Gasteiger partial charge >= 0.3 is 0 Å². The number of hydrogen-bond donors (Lipinski definition) is 5. The van der Waals surface area contributed by atoms with Gasteiger partial charge in [-0.25, -0.2) is 14.1 Å². The number of nitrogens with two attached hydrogens (primary N) is 1. The first-order valence-electron chi connectivity index (χ1n) is 8.56. The zero-order valence-corrected chi connectivity index (χ0v) is 15.2. The van der Waals surface area contributed by atoms with E-state index in [1.165, 1.54) is 29.3 Å². The molecule has 0 amide bonds. The van der Waals surface area contributed by atoms with E-state index in [1.807, 2.05) is 0 Å². The van der Waals surface area contributed by atoms with Gasteiger partial charge < -0.3 is 26.1 Å². The van der Waals surface area contributed by atoms with Crippen LogP contribution in [0.5, 0.6) is 0 Å². The molecule has 28 heavy (non-hydrogen) atoms. The zero-order valence-electron chi connectivity index (χ0n) is 14.4. The van der Waals surface area contributed by atoms with Crippen LogP contribution in [0.2, 0.25) is 5.02 Å². The van der Waals surface area contributed by atoms with Crippen molar-refractivity contribution in [2.45, 2.75) is 30.8 Å². The molecule has 148 valence electrons. The minimum absolute atomic E-state index is 0.126. The lowest BCUT2D eigenvalue weighted by atomic mass is 9.92. The van der Waals surface area contributed by atoms with Crippen LogP contribution in [0, 0.1) is 11.7 Å². The highest BCUT2D eigenvalue weighted by Gasteiger charge is 2.46. The van der Waals surface area contributed by atoms with Gasteiger partial charge in [-0.05, 0) is 24.1 Å². The van der Waals surface area contributed by atoms with Crippen LogP contribution in [-0.2, 0) is 0 Å². The second-order valence-electron chi connectivity index (χ2n) is 6.77. The summed E-state index contributed by atoms with van der Waals surface area (Å²) in [5.74, 6) is 4.02. The maximum Gasteiger partial charge on any atom is 0.185 e. The Hall–Kier alpha value is -2.53. The number of H-pyrrole nitrogens is 1. The van der Waals surface area contributed by atoms with Crippen molar-refractivity contribution in [1.29, 1.82) is 0 Å². The molecule has 1 aliphatic rings. The van der Waals surface area contributed by atoms with Gasteiger partial charge in [-0.3, -0.25) is 0 Å². The normalized spacial score (nSPS) is 26.8. The fourth-order valence-electron chi connectivity index (χ4n) is 3.79. The van der Waals surface area contributed by atoms with Gasteiger partial charge in [-0.2, -0.15) is 10.2 Å². The van der Waals surface area contributed by atoms with Crippen LogP contribution in [0.1, 0.15) is 24.1 Å². The van der Waals surface area contributed by atoms with E-state index in [0.29, 0.717) is 16.6 Å². The number of benzene rings is 1. The number of aliphatic hydroxyl groups is 3. The van der Waals surface area contributed by atoms with Gasteiger partial charge in [0.2, 0.25) is 0 Å². The Bertz CT molecular complexity index is 1090. The van der Waals surface area contributed by atoms with Gasteiger partial charge in [0.15, 0.2) is 5.49 Å². The molecule has 0 bridgehead atoms. The smallest absolute Gasteiger partial charge is 0.185 e. The number of aliphatic hydroxyl groups excluding tert-OH is 3. The Labute approximate surface area is 162 Å². The third-order valence-corrected chi connectivity index (χ3v) is 5.54. The molecule has 2 aromatic heterocycles. The van der Waals surface area contributed by atoms with Crippen LogP contribution in [0.15, 0.2) is 35.8 Å². The average molecular weight is 409 g/mol. The molecule has 0 aliphatic heterocycles. The van der Waals surface area contributed by atoms with Gasteiger partial charge in [-0.1, -0.05) is 17.7 Å². The molecule has 1 fully saturated rings. The molecule has 4 rings (SSSR count). The van der Waals surface area contributed by atoms with Crippen molar-refractivity contribution >= 4 is 22.6 Å². The van der Waals surface area contributed by atoms with E-state index in [0.717, 1.165) is 6.07 Å². The molecule has 1 aliphatic carbocycles. The van der Waals surface area contributed by atoms with Crippen molar-refractivity contribution in [3.63, 3.8) is 0 Å². The summed E-state index contributed by atoms with van der Waals surface area (Å²) in [6.45, 7) is 0. The van der Waals surface area contributed by atoms with Gasteiger partial charge in [0.05, 0.1) is 41.2 Å². The lowest BCUT2D eigenvalue weighted by molar-refractivity contribution is -0.0271. The molecule has 2 heterocycles. The highest BCUT2D eigenvalue weighted by molar-refractivity contribution is 6.30. The number of hydrogen-bond acceptors (Lipinski definition) is 7. The Kier molecular flexibility index (Phi) is 4.79. The third kappa shape index (κ3) is 2.94. The molecule has 9 nitrogen and oxygen atoms in total. The molecule has 0 saturated heterocycles. The van der Waals surface area contributed by atoms with Crippen LogP contribution in [-0.4, -0.2) is 47.3 Å². The van der Waals surface area contributed by atoms with E-state index in [4.69, 9.17) is 17.4 Å². The molecule has 6 N–H and O–H groups in total. The molecule has 0 spiro atoms. The highest BCUT2D eigenvalue weighted by atomic mass is 35.5. The molecule has 3 aromatic rings. The SMILES string of the molecule is N/N=c1/nc[nH]c2c1cnn2[C@@H]1C[C@H](C(O)c2ccc(F)c(Cl)c2)[C@@H](O)[C@H]1O. The summed E-state index contributed by atoms with van der Waals surface area (Å²) >= 11 is 5.79. The van der Waals surface area contributed by atoms with Crippen LogP contribution in [0.4, 0.5) is 4.39 Å². The highest BCUT2D eigenvalue weighted by Crippen LogP contribution is 2.42. The monoisotopic (exact) mass is 408 g/mol. The first-order chi connectivity index (χ1) is 13.4. The number of nitrogens with zero attached hydrogens (tertiary/aromatic N) is 4. The third-order valence-electron chi connectivity index (χ3n) is 5.25. The van der Waals surface area contributed by atoms with E-state index >= 15 is 0 Å². The second-order valence-corrected chi connectivity index (χ2v) is 7.18. The zero-order chi connectivity index (χ0) is 20.0. The van der Waals surface area contributed by atoms with Crippen molar-refractivity contribution in [2.75, 3.05) is 0 Å². The summed E-state index contributed by atoms with van der Waals surface area (Å²) < 4.78 is 14.9. The molecule has 1 unspecified atom stereocenters. The van der Waals surface area contributed by atoms with Crippen molar-refractivity contribution in [1.82, 2.24) is 19.7 Å². The van der Waals surface area contributed by atoms with Crippen LogP contribution < -0.4 is 11.3 Å². The fraction of sp³-hybridized carbons (Fsp3) is 0.353. The van der Waals surface area contributed by atoms with Gasteiger partial charge in [-0.15, -0.1) is 0 Å². The van der Waals surface area contributed by atoms with Crippen molar-refractivity contribution < 1.29 is 19.7 Å². The van der Waals surface area contributed by atoms with Crippen molar-refractivity contribution in [2.24, 2.45) is 16.9 Å². The average Bonchev–Trinajstić information content (AvgIpc) is 3.25. The second kappa shape index (κ2) is 7.13. The van der Waals surface area contributed by atoms with E-state index in [2.05, 4.69) is 20.2 Å². The topological polar surface area (TPSA) is 146 Å². The first-order valence-corrected chi connectivity index (χ1v) is 8.94. The maximum atomic E-state index is 13.4. The largest absolute Gasteiger partial charge is 0.390 e. The van der Waals surface area contributed by atoms with Gasteiger partial charge in [0, 0.05) is 5.92 Å². The predicted octanol–water partition coefficient (Wildman–Crippen LogP) is 0.343. The van der Waals surface area contributed by atoms with Crippen molar-refractivity contribution in [3.05, 3.63) is 52.6 Å². The Morgan fingerprint density at radius 3 is 2.86 bits per heavy atom. The minimum atomic E-state index is -1.22. The van der Waals surface area contributed by atoms with Crippen LogP contribution in [0.3, 0.4) is 0 Å². The van der Waals surface area contributed by atoms with E-state index in [-0.39, 0.29) is 16.9 Å². The summed E-state index contributed by atoms with van der Waals surface area (Å²) in [6, 6.07) is 3.24. The van der Waals surface area contributed by atoms with Gasteiger partial charge in [0.25, 0.3) is 0 Å². The summed E-state index contributed by atoms with van der Waals surface area (Å²) in [5.41, 5.74) is 1.16. The summed E-state index contributed by atoms with van der Waals surface area (Å²) in [5, 5.41) is 40.1. The Morgan fingerprint density at radius 1 is 1.36 bits per heavy atom. The standard InChI is InChI=1S/C17H18ClFN6O3/c18-10-3-7(1-2-11(10)19)13(26)8-4-12(15(28)14(8)27)25-17-9(5-23-25)16(24-20)21-6-22-17/h1-3,5-6,8,12-15,26-28H,4,20H2,(H,21,22,24)/t8-,12-,13?,14-,15+/m1/s1. The number of rotatable bonds is 3. The minimum Gasteiger partial charge on any atom is -0.390 e. The Morgan fingerprint density at radius 2 is 2.14 bits per heavy atom. The number of nitrogens with one attached hydrogen (secondary N) is 1. The number of halogens is 2. The van der Waals surface area contributed by atoms with E-state index in [1.54, 1.807) is 0 Å². The molecule has 1 saturated carbocycles. The predicted molar refractivity (Wildman–Crippen MR) is 97.2 cm³/mol. The Balaban J connectivity index is 1.67. The quantitative estimate of drug-likeness (QED) is 0.312. The number of fused-ring (bicyclic) bond motifs is 1.